The number of nitrogens with one attached hydrogen (secondary N) is 1. The lowest BCUT2D eigenvalue weighted by molar-refractivity contribution is 0.00702. The molecule has 1 aromatic carbocycles. The molecule has 2 aliphatic heterocycles. The molecule has 0 spiro atoms. The Balaban J connectivity index is 1.34. The molecule has 5 rings (SSSR count). The number of piperazine rings is 1. The fraction of sp³-hybridized carbons (Fsp3) is 0.480. The Kier molecular flexibility index (Phi) is 7.33. The molecule has 0 bridgehead atoms. The van der Waals surface area contributed by atoms with E-state index in [0.29, 0.717) is 37.6 Å². The lowest BCUT2D eigenvalue weighted by Crippen LogP contribution is -2.47. The number of aromatic nitrogens is 3. The summed E-state index contributed by atoms with van der Waals surface area (Å²) in [5, 5.41) is 3.34. The average Bonchev–Trinajstić information content (AvgIpc) is 2.91. The van der Waals surface area contributed by atoms with E-state index in [9.17, 15) is 8.42 Å². The number of nitrogens with zero attached hydrogens (tertiary/aromatic N) is 6. The maximum absolute atomic E-state index is 11.9. The minimum absolute atomic E-state index is 0.280. The van der Waals surface area contributed by atoms with Crippen LogP contribution in [0.5, 0.6) is 0 Å². The molecule has 3 aromatic rings. The Bertz CT molecular complexity index is 1290. The van der Waals surface area contributed by atoms with Crippen LogP contribution in [0, 0.1) is 0 Å². The summed E-state index contributed by atoms with van der Waals surface area (Å²) < 4.78 is 31.1. The van der Waals surface area contributed by atoms with Crippen LogP contribution < -0.4 is 10.2 Å². The fourth-order valence-electron chi connectivity index (χ4n) is 4.74. The molecule has 1 atom stereocenters. The predicted octanol–water partition coefficient (Wildman–Crippen LogP) is 1.91. The number of rotatable bonds is 7. The highest BCUT2D eigenvalue weighted by atomic mass is 32.2. The molecule has 1 N–H and O–H groups in total. The summed E-state index contributed by atoms with van der Waals surface area (Å²) >= 11 is 0. The predicted molar refractivity (Wildman–Crippen MR) is 142 cm³/mol. The molecule has 0 radical (unpaired) electrons. The Morgan fingerprint density at radius 1 is 1.06 bits per heavy atom. The first-order valence-electron chi connectivity index (χ1n) is 12.4. The van der Waals surface area contributed by atoms with E-state index in [1.165, 1.54) is 16.2 Å². The minimum Gasteiger partial charge on any atom is -0.374 e. The first kappa shape index (κ1) is 24.8. The van der Waals surface area contributed by atoms with Gasteiger partial charge in [0, 0.05) is 69.5 Å². The Morgan fingerprint density at radius 3 is 2.53 bits per heavy atom. The van der Waals surface area contributed by atoms with Crippen LogP contribution in [0.1, 0.15) is 6.92 Å². The second-order valence-corrected chi connectivity index (χ2v) is 11.2. The molecule has 0 aliphatic carbocycles. The smallest absolute Gasteiger partial charge is 0.211 e. The van der Waals surface area contributed by atoms with Crippen LogP contribution in [0.25, 0.3) is 22.3 Å². The van der Waals surface area contributed by atoms with Gasteiger partial charge in [-0.2, -0.15) is 4.31 Å². The third-order valence-electron chi connectivity index (χ3n) is 6.87. The van der Waals surface area contributed by atoms with Gasteiger partial charge in [0.2, 0.25) is 10.0 Å². The van der Waals surface area contributed by atoms with E-state index >= 15 is 0 Å². The molecule has 0 saturated carbocycles. The molecule has 192 valence electrons. The lowest BCUT2D eigenvalue weighted by Gasteiger charge is -2.35. The fourth-order valence-corrected chi connectivity index (χ4v) is 5.58. The van der Waals surface area contributed by atoms with Crippen LogP contribution in [0.2, 0.25) is 0 Å². The maximum Gasteiger partial charge on any atom is 0.211 e. The van der Waals surface area contributed by atoms with E-state index in [1.807, 2.05) is 6.07 Å². The zero-order valence-electron chi connectivity index (χ0n) is 20.8. The van der Waals surface area contributed by atoms with E-state index in [-0.39, 0.29) is 6.10 Å². The topological polar surface area (TPSA) is 104 Å². The molecule has 2 aliphatic rings. The van der Waals surface area contributed by atoms with E-state index < -0.39 is 10.0 Å². The van der Waals surface area contributed by atoms with Gasteiger partial charge < -0.3 is 19.9 Å². The molecule has 2 aromatic heterocycles. The highest BCUT2D eigenvalue weighted by Crippen LogP contribution is 2.28. The van der Waals surface area contributed by atoms with Crippen molar-refractivity contribution in [1.82, 2.24) is 24.2 Å². The number of hydrogen-bond donors (Lipinski definition) is 1. The van der Waals surface area contributed by atoms with Gasteiger partial charge in [-0.15, -0.1) is 0 Å². The van der Waals surface area contributed by atoms with Crippen molar-refractivity contribution >= 4 is 32.6 Å². The third kappa shape index (κ3) is 5.59. The Hall–Kier alpha value is -2.86. The van der Waals surface area contributed by atoms with Gasteiger partial charge in [0.15, 0.2) is 5.82 Å². The summed E-state index contributed by atoms with van der Waals surface area (Å²) in [6.07, 6.45) is 4.26. The molecule has 0 unspecified atom stereocenters. The summed E-state index contributed by atoms with van der Waals surface area (Å²) in [7, 11) is -3.25. The number of sulfonamides is 1. The Morgan fingerprint density at radius 2 is 1.81 bits per heavy atom. The van der Waals surface area contributed by atoms with Gasteiger partial charge in [-0.3, -0.25) is 4.98 Å². The summed E-state index contributed by atoms with van der Waals surface area (Å²) in [6, 6.07) is 10.5. The van der Waals surface area contributed by atoms with Crippen LogP contribution in [-0.4, -0.2) is 104 Å². The van der Waals surface area contributed by atoms with Gasteiger partial charge in [0.05, 0.1) is 30.2 Å². The second kappa shape index (κ2) is 10.6. The monoisotopic (exact) mass is 511 g/mol. The molecule has 36 heavy (non-hydrogen) atoms. The van der Waals surface area contributed by atoms with Gasteiger partial charge in [0.25, 0.3) is 0 Å². The molecule has 4 heterocycles. The SMILES string of the molecule is CCN1CCN(c2ccc(-c3cc4nccnc4c(NC[C@@H]4CN(S(C)(=O)=O)CCO4)n3)cc2)CC1. The second-order valence-electron chi connectivity index (χ2n) is 9.24. The number of ether oxygens (including phenoxy) is 1. The van der Waals surface area contributed by atoms with Crippen LogP contribution in [0.3, 0.4) is 0 Å². The van der Waals surface area contributed by atoms with E-state index in [0.717, 1.165) is 49.5 Å². The zero-order chi connectivity index (χ0) is 25.1. The molecular weight excluding hydrogens is 478 g/mol. The highest BCUT2D eigenvalue weighted by molar-refractivity contribution is 7.88. The first-order chi connectivity index (χ1) is 17.4. The van der Waals surface area contributed by atoms with E-state index in [1.54, 1.807) is 12.4 Å². The van der Waals surface area contributed by atoms with Gasteiger partial charge in [0.1, 0.15) is 5.52 Å². The van der Waals surface area contributed by atoms with Crippen molar-refractivity contribution in [2.45, 2.75) is 13.0 Å². The lowest BCUT2D eigenvalue weighted by atomic mass is 10.1. The number of hydrogen-bond acceptors (Lipinski definition) is 9. The van der Waals surface area contributed by atoms with Gasteiger partial charge in [-0.25, -0.2) is 18.4 Å². The summed E-state index contributed by atoms with van der Waals surface area (Å²) in [6.45, 7) is 9.02. The number of fused-ring (bicyclic) bond motifs is 1. The standard InChI is InChI=1S/C25H33N7O3S/c1-3-30-10-12-31(13-11-30)20-6-4-19(5-7-20)22-16-23-24(27-9-8-26-23)25(29-22)28-17-21-18-32(14-15-35-21)36(2,33)34/h4-9,16,21H,3,10-15,17-18H2,1-2H3,(H,28,29)/t21-/m1/s1. The van der Waals surface area contributed by atoms with Crippen molar-refractivity contribution < 1.29 is 13.2 Å². The summed E-state index contributed by atoms with van der Waals surface area (Å²) in [5.74, 6) is 0.607. The van der Waals surface area contributed by atoms with Gasteiger partial charge in [-0.1, -0.05) is 19.1 Å². The van der Waals surface area contributed by atoms with Gasteiger partial charge >= 0.3 is 0 Å². The number of likely N-dealkylation sites (N-methyl/N-ethyl adjacent to an activating group) is 1. The van der Waals surface area contributed by atoms with Gasteiger partial charge in [-0.05, 0) is 24.7 Å². The van der Waals surface area contributed by atoms with Crippen molar-refractivity contribution in [3.63, 3.8) is 0 Å². The molecule has 11 heteroatoms. The molecule has 2 fully saturated rings. The maximum atomic E-state index is 11.9. The van der Waals surface area contributed by atoms with Crippen molar-refractivity contribution in [2.75, 3.05) is 75.4 Å². The van der Waals surface area contributed by atoms with Crippen LogP contribution in [0.4, 0.5) is 11.5 Å². The number of pyridine rings is 1. The molecular formula is C25H33N7O3S. The number of benzene rings is 1. The Labute approximate surface area is 212 Å². The normalized spacial score (nSPS) is 20.1. The number of morpholine rings is 1. The molecule has 2 saturated heterocycles. The van der Waals surface area contributed by atoms with Crippen molar-refractivity contribution in [1.29, 1.82) is 0 Å². The summed E-state index contributed by atoms with van der Waals surface area (Å²) in [5.41, 5.74) is 4.43. The van der Waals surface area contributed by atoms with Crippen molar-refractivity contribution in [3.05, 3.63) is 42.7 Å². The molecule has 0 amide bonds. The van der Waals surface area contributed by atoms with E-state index in [4.69, 9.17) is 9.72 Å². The molecule has 10 nitrogen and oxygen atoms in total. The quantitative estimate of drug-likeness (QED) is 0.509. The highest BCUT2D eigenvalue weighted by Gasteiger charge is 2.26. The average molecular weight is 512 g/mol. The first-order valence-corrected chi connectivity index (χ1v) is 14.3. The minimum atomic E-state index is -3.25. The third-order valence-corrected chi connectivity index (χ3v) is 8.14. The van der Waals surface area contributed by atoms with Crippen molar-refractivity contribution in [2.24, 2.45) is 0 Å². The van der Waals surface area contributed by atoms with Crippen LogP contribution in [-0.2, 0) is 14.8 Å². The van der Waals surface area contributed by atoms with Crippen LogP contribution >= 0.6 is 0 Å². The van der Waals surface area contributed by atoms with Crippen LogP contribution in [0.15, 0.2) is 42.7 Å². The zero-order valence-corrected chi connectivity index (χ0v) is 21.6. The number of anilines is 2. The van der Waals surface area contributed by atoms with E-state index in [2.05, 4.69) is 56.3 Å². The summed E-state index contributed by atoms with van der Waals surface area (Å²) in [4.78, 5) is 18.7. The van der Waals surface area contributed by atoms with Crippen molar-refractivity contribution in [3.8, 4) is 11.3 Å². The largest absolute Gasteiger partial charge is 0.374 e.